The molecule has 0 spiro atoms. The summed E-state index contributed by atoms with van der Waals surface area (Å²) in [6, 6.07) is 1.85. The van der Waals surface area contributed by atoms with Gasteiger partial charge < -0.3 is 40.9 Å². The number of benzene rings is 1. The molecule has 12 heteroatoms. The number of phenols is 4. The Bertz CT molecular complexity index is 794. The maximum atomic E-state index is 10.4. The van der Waals surface area contributed by atoms with E-state index < -0.39 is 35.2 Å². The summed E-state index contributed by atoms with van der Waals surface area (Å²) in [5.74, 6) is -3.91. The van der Waals surface area contributed by atoms with E-state index in [1.165, 1.54) is 19.3 Å². The highest BCUT2D eigenvalue weighted by Gasteiger charge is 2.20. The van der Waals surface area contributed by atoms with Gasteiger partial charge >= 0.3 is 17.9 Å². The van der Waals surface area contributed by atoms with E-state index in [1.807, 2.05) is 0 Å². The van der Waals surface area contributed by atoms with Crippen molar-refractivity contribution in [2.45, 2.75) is 96.3 Å². The Morgan fingerprint density at radius 2 is 0.775 bits per heavy atom. The molecule has 3 fully saturated rings. The Balaban J connectivity index is 0.000000491. The van der Waals surface area contributed by atoms with Gasteiger partial charge in [-0.1, -0.05) is 57.8 Å². The van der Waals surface area contributed by atoms with E-state index in [2.05, 4.69) is 0 Å². The standard InChI is InChI=1S/3C7H12O2.C6H6O4.CH2O2/c3*8-7(9)6-4-2-1-3-5-6;7-3-1-4(8)6(10)5(9)2-3;2-1-3/h3*6H,1-5H2,(H,8,9);1-2,7-10H;1H,(H,2,3). The third kappa shape index (κ3) is 16.3. The minimum absolute atomic E-state index is 0.0289. The van der Waals surface area contributed by atoms with Gasteiger partial charge in [0.1, 0.15) is 5.75 Å². The molecule has 0 heterocycles. The number of carboxylic acids is 3. The Morgan fingerprint density at radius 3 is 0.950 bits per heavy atom. The third-order valence-electron chi connectivity index (χ3n) is 6.92. The summed E-state index contributed by atoms with van der Waals surface area (Å²) in [7, 11) is 0. The van der Waals surface area contributed by atoms with Crippen molar-refractivity contribution < 1.29 is 60.0 Å². The third-order valence-corrected chi connectivity index (χ3v) is 6.92. The predicted molar refractivity (Wildman–Crippen MR) is 144 cm³/mol. The van der Waals surface area contributed by atoms with Gasteiger partial charge in [0.25, 0.3) is 6.47 Å². The molecule has 1 aromatic carbocycles. The minimum Gasteiger partial charge on any atom is -0.508 e. The fourth-order valence-electron chi connectivity index (χ4n) is 4.64. The number of aromatic hydroxyl groups is 4. The first-order chi connectivity index (χ1) is 18.9. The number of hydrogen-bond donors (Lipinski definition) is 8. The molecule has 4 rings (SSSR count). The van der Waals surface area contributed by atoms with Gasteiger partial charge in [-0.05, 0) is 38.5 Å². The lowest BCUT2D eigenvalue weighted by Crippen LogP contribution is -2.16. The van der Waals surface area contributed by atoms with Crippen molar-refractivity contribution in [2.24, 2.45) is 17.8 Å². The van der Waals surface area contributed by atoms with Gasteiger partial charge in [-0.2, -0.15) is 0 Å². The maximum Gasteiger partial charge on any atom is 0.306 e. The molecule has 3 aliphatic carbocycles. The fourth-order valence-corrected chi connectivity index (χ4v) is 4.64. The average Bonchev–Trinajstić information content (AvgIpc) is 2.94. The zero-order chi connectivity index (χ0) is 30.5. The largest absolute Gasteiger partial charge is 0.508 e. The van der Waals surface area contributed by atoms with Crippen LogP contribution >= 0.6 is 0 Å². The lowest BCUT2D eigenvalue weighted by molar-refractivity contribution is -0.143. The van der Waals surface area contributed by atoms with Crippen LogP contribution in [0, 0.1) is 17.8 Å². The van der Waals surface area contributed by atoms with Gasteiger partial charge in [-0.3, -0.25) is 19.2 Å². The second-order valence-electron chi connectivity index (χ2n) is 9.96. The molecule has 228 valence electrons. The van der Waals surface area contributed by atoms with E-state index in [1.54, 1.807) is 0 Å². The first kappa shape index (κ1) is 36.3. The zero-order valence-electron chi connectivity index (χ0n) is 22.8. The molecule has 12 nitrogen and oxygen atoms in total. The highest BCUT2D eigenvalue weighted by molar-refractivity contribution is 5.70. The van der Waals surface area contributed by atoms with Crippen LogP contribution in [-0.2, 0) is 19.2 Å². The monoisotopic (exact) mass is 572 g/mol. The molecular formula is C28H44O12. The summed E-state index contributed by atoms with van der Waals surface area (Å²) >= 11 is 0. The molecule has 0 saturated heterocycles. The summed E-state index contributed by atoms with van der Waals surface area (Å²) in [5, 5.41) is 67.3. The van der Waals surface area contributed by atoms with Crippen LogP contribution in [0.1, 0.15) is 96.3 Å². The van der Waals surface area contributed by atoms with Crippen LogP contribution in [0.3, 0.4) is 0 Å². The maximum absolute atomic E-state index is 10.4. The first-order valence-corrected chi connectivity index (χ1v) is 13.6. The van der Waals surface area contributed by atoms with Crippen LogP contribution < -0.4 is 0 Å². The highest BCUT2D eigenvalue weighted by Crippen LogP contribution is 2.37. The van der Waals surface area contributed by atoms with Crippen molar-refractivity contribution in [3.8, 4) is 23.0 Å². The van der Waals surface area contributed by atoms with Gasteiger partial charge in [0.2, 0.25) is 5.75 Å². The van der Waals surface area contributed by atoms with Crippen molar-refractivity contribution in [1.82, 2.24) is 0 Å². The molecule has 0 radical (unpaired) electrons. The summed E-state index contributed by atoms with van der Waals surface area (Å²) in [5.41, 5.74) is 0. The van der Waals surface area contributed by atoms with Gasteiger partial charge in [0, 0.05) is 12.1 Å². The lowest BCUT2D eigenvalue weighted by Gasteiger charge is -2.16. The Labute approximate surface area is 233 Å². The van der Waals surface area contributed by atoms with Crippen LogP contribution in [0.25, 0.3) is 0 Å². The highest BCUT2D eigenvalue weighted by atomic mass is 16.4. The van der Waals surface area contributed by atoms with Crippen molar-refractivity contribution in [2.75, 3.05) is 0 Å². The molecule has 0 amide bonds. The van der Waals surface area contributed by atoms with Gasteiger partial charge in [-0.15, -0.1) is 0 Å². The second-order valence-corrected chi connectivity index (χ2v) is 9.96. The predicted octanol–water partition coefficient (Wildman–Crippen LogP) is 5.16. The van der Waals surface area contributed by atoms with Gasteiger partial charge in [-0.25, -0.2) is 0 Å². The fraction of sp³-hybridized carbons (Fsp3) is 0.643. The Hall–Kier alpha value is -3.70. The van der Waals surface area contributed by atoms with E-state index in [9.17, 15) is 14.4 Å². The van der Waals surface area contributed by atoms with Crippen LogP contribution in [0.15, 0.2) is 12.1 Å². The number of rotatable bonds is 3. The van der Waals surface area contributed by atoms with E-state index in [4.69, 9.17) is 45.6 Å². The summed E-state index contributed by atoms with van der Waals surface area (Å²) in [6.45, 7) is -0.250. The summed E-state index contributed by atoms with van der Waals surface area (Å²) < 4.78 is 0. The SMILES string of the molecule is O=C(O)C1CCCCC1.O=C(O)C1CCCCC1.O=C(O)C1CCCCC1.O=CO.Oc1cc(O)c(O)c(O)c1. The smallest absolute Gasteiger partial charge is 0.306 e. The van der Waals surface area contributed by atoms with Crippen LogP contribution in [0.4, 0.5) is 0 Å². The number of carboxylic acid groups (broad SMARTS) is 4. The molecule has 0 aliphatic heterocycles. The molecule has 0 unspecified atom stereocenters. The molecule has 3 saturated carbocycles. The van der Waals surface area contributed by atoms with E-state index in [0.717, 1.165) is 89.2 Å². The summed E-state index contributed by atoms with van der Waals surface area (Å²) in [4.78, 5) is 39.4. The molecule has 1 aromatic rings. The Kier molecular flexibility index (Phi) is 19.2. The van der Waals surface area contributed by atoms with Crippen molar-refractivity contribution >= 4 is 24.4 Å². The van der Waals surface area contributed by atoms with E-state index >= 15 is 0 Å². The number of hydrogen-bond acceptors (Lipinski definition) is 8. The van der Waals surface area contributed by atoms with Crippen LogP contribution in [0.2, 0.25) is 0 Å². The quantitative estimate of drug-likeness (QED) is 0.133. The molecule has 8 N–H and O–H groups in total. The summed E-state index contributed by atoms with van der Waals surface area (Å²) in [6.07, 6.45) is 15.7. The number of phenolic OH excluding ortho intramolecular Hbond substituents is 4. The molecule has 0 atom stereocenters. The van der Waals surface area contributed by atoms with E-state index in [0.29, 0.717) is 0 Å². The second kappa shape index (κ2) is 21.2. The minimum atomic E-state index is -0.627. The Morgan fingerprint density at radius 1 is 0.550 bits per heavy atom. The van der Waals surface area contributed by atoms with Gasteiger partial charge in [0.15, 0.2) is 11.5 Å². The molecule has 0 bridgehead atoms. The molecular weight excluding hydrogens is 528 g/mol. The van der Waals surface area contributed by atoms with Crippen molar-refractivity contribution in [1.29, 1.82) is 0 Å². The molecule has 40 heavy (non-hydrogen) atoms. The lowest BCUT2D eigenvalue weighted by atomic mass is 9.90. The van der Waals surface area contributed by atoms with Crippen LogP contribution in [-0.4, -0.2) is 65.2 Å². The zero-order valence-corrected chi connectivity index (χ0v) is 22.8. The van der Waals surface area contributed by atoms with Crippen molar-refractivity contribution in [3.63, 3.8) is 0 Å². The first-order valence-electron chi connectivity index (χ1n) is 13.6. The average molecular weight is 573 g/mol. The normalized spacial score (nSPS) is 17.4. The van der Waals surface area contributed by atoms with Crippen molar-refractivity contribution in [3.05, 3.63) is 12.1 Å². The molecule has 3 aliphatic rings. The van der Waals surface area contributed by atoms with Gasteiger partial charge in [0.05, 0.1) is 17.8 Å². The topological polar surface area (TPSA) is 230 Å². The number of aliphatic carboxylic acids is 3. The van der Waals surface area contributed by atoms with E-state index in [-0.39, 0.29) is 30.0 Å². The number of carbonyl (C=O) groups is 4. The molecule has 0 aromatic heterocycles. The van der Waals surface area contributed by atoms with Crippen LogP contribution in [0.5, 0.6) is 23.0 Å².